The van der Waals surface area contributed by atoms with Crippen molar-refractivity contribution in [1.82, 2.24) is 9.88 Å². The Kier molecular flexibility index (Phi) is 7.64. The van der Waals surface area contributed by atoms with Crippen molar-refractivity contribution < 1.29 is 4.79 Å². The summed E-state index contributed by atoms with van der Waals surface area (Å²) in [6.45, 7) is 5.44. The van der Waals surface area contributed by atoms with Crippen LogP contribution in [0.2, 0.25) is 0 Å². The highest BCUT2D eigenvalue weighted by Gasteiger charge is 2.19. The van der Waals surface area contributed by atoms with Crippen LogP contribution in [0.3, 0.4) is 0 Å². The molecule has 1 amide bonds. The number of hydrogen-bond acceptors (Lipinski definition) is 5. The van der Waals surface area contributed by atoms with Gasteiger partial charge in [0.25, 0.3) is 0 Å². The fourth-order valence-electron chi connectivity index (χ4n) is 2.72. The summed E-state index contributed by atoms with van der Waals surface area (Å²) in [7, 11) is 0. The average molecular weight is 486 g/mol. The number of anilines is 2. The molecule has 0 radical (unpaired) electrons. The third kappa shape index (κ3) is 5.56. The molecule has 7 nitrogen and oxygen atoms in total. The molecule has 1 aliphatic rings. The number of nitrogens with one attached hydrogen (secondary N) is 1. The van der Waals surface area contributed by atoms with Crippen molar-refractivity contribution >= 4 is 58.0 Å². The van der Waals surface area contributed by atoms with E-state index >= 15 is 0 Å². The van der Waals surface area contributed by atoms with E-state index in [-0.39, 0.29) is 29.9 Å². The minimum atomic E-state index is -0.0849. The van der Waals surface area contributed by atoms with Crippen LogP contribution in [0.1, 0.15) is 12.5 Å². The molecule has 1 aliphatic heterocycles. The average Bonchev–Trinajstić information content (AvgIpc) is 3.14. The molecule has 3 rings (SSSR count). The lowest BCUT2D eigenvalue weighted by Crippen LogP contribution is -2.51. The van der Waals surface area contributed by atoms with Crippen molar-refractivity contribution in [3.05, 3.63) is 41.4 Å². The number of carbonyl (C=O) groups excluding carboxylic acids is 1. The minimum absolute atomic E-state index is 0. The van der Waals surface area contributed by atoms with Crippen LogP contribution in [0.4, 0.5) is 10.8 Å². The highest BCUT2D eigenvalue weighted by molar-refractivity contribution is 14.0. The Bertz CT molecular complexity index is 743. The summed E-state index contributed by atoms with van der Waals surface area (Å²) in [5.74, 6) is 0.474. The molecular formula is C17H23IN6OS. The Labute approximate surface area is 174 Å². The SMILES string of the molecule is CC(=O)Nc1cccc(CN=C(N)N2CCN(c3nccs3)CC2)c1.I. The number of amides is 1. The van der Waals surface area contributed by atoms with Crippen LogP contribution >= 0.6 is 35.3 Å². The third-order valence-corrected chi connectivity index (χ3v) is 4.80. The van der Waals surface area contributed by atoms with E-state index in [2.05, 4.69) is 25.1 Å². The van der Waals surface area contributed by atoms with Gasteiger partial charge in [-0.3, -0.25) is 4.79 Å². The van der Waals surface area contributed by atoms with Crippen LogP contribution in [0.5, 0.6) is 0 Å². The summed E-state index contributed by atoms with van der Waals surface area (Å²) in [5, 5.41) is 5.83. The normalized spacial score (nSPS) is 14.7. The lowest BCUT2D eigenvalue weighted by atomic mass is 10.2. The van der Waals surface area contributed by atoms with E-state index in [4.69, 9.17) is 5.73 Å². The van der Waals surface area contributed by atoms with Crippen LogP contribution in [-0.4, -0.2) is 47.9 Å². The van der Waals surface area contributed by atoms with Gasteiger partial charge in [-0.15, -0.1) is 35.3 Å². The van der Waals surface area contributed by atoms with Gasteiger partial charge in [0.1, 0.15) is 0 Å². The van der Waals surface area contributed by atoms with E-state index in [9.17, 15) is 4.79 Å². The molecule has 1 fully saturated rings. The molecule has 9 heteroatoms. The number of nitrogens with two attached hydrogens (primary N) is 1. The Balaban J connectivity index is 0.00000243. The molecule has 0 spiro atoms. The maximum Gasteiger partial charge on any atom is 0.221 e. The van der Waals surface area contributed by atoms with E-state index in [1.165, 1.54) is 6.92 Å². The number of halogens is 1. The smallest absolute Gasteiger partial charge is 0.221 e. The Hall–Kier alpha value is -1.88. The van der Waals surface area contributed by atoms with Gasteiger partial charge < -0.3 is 20.9 Å². The number of hydrogen-bond donors (Lipinski definition) is 2. The molecule has 2 aromatic rings. The standard InChI is InChI=1S/C17H22N6OS.HI/c1-13(24)21-15-4-2-3-14(11-15)12-20-16(18)22-6-8-23(9-7-22)17-19-5-10-25-17;/h2-5,10-11H,6-9,12H2,1H3,(H2,18,20)(H,21,24);1H. The van der Waals surface area contributed by atoms with Crippen molar-refractivity contribution in [1.29, 1.82) is 0 Å². The zero-order valence-corrected chi connectivity index (χ0v) is 17.7. The van der Waals surface area contributed by atoms with Gasteiger partial charge in [-0.1, -0.05) is 12.1 Å². The van der Waals surface area contributed by atoms with Crippen LogP contribution in [-0.2, 0) is 11.3 Å². The molecule has 26 heavy (non-hydrogen) atoms. The molecule has 0 saturated carbocycles. The topological polar surface area (TPSA) is 86.8 Å². The van der Waals surface area contributed by atoms with Gasteiger partial charge in [-0.25, -0.2) is 9.98 Å². The van der Waals surface area contributed by atoms with Crippen molar-refractivity contribution in [3.63, 3.8) is 0 Å². The molecule has 3 N–H and O–H groups in total. The number of thiazole rings is 1. The Morgan fingerprint density at radius 1 is 1.35 bits per heavy atom. The van der Waals surface area contributed by atoms with Crippen molar-refractivity contribution in [3.8, 4) is 0 Å². The summed E-state index contributed by atoms with van der Waals surface area (Å²) >= 11 is 1.66. The second-order valence-corrected chi connectivity index (χ2v) is 6.72. The van der Waals surface area contributed by atoms with Crippen molar-refractivity contribution in [2.75, 3.05) is 36.4 Å². The van der Waals surface area contributed by atoms with E-state index in [1.54, 1.807) is 11.3 Å². The van der Waals surface area contributed by atoms with Gasteiger partial charge in [0.15, 0.2) is 11.1 Å². The molecule has 1 saturated heterocycles. The van der Waals surface area contributed by atoms with Gasteiger partial charge in [-0.2, -0.15) is 0 Å². The quantitative estimate of drug-likeness (QED) is 0.394. The molecular weight excluding hydrogens is 463 g/mol. The summed E-state index contributed by atoms with van der Waals surface area (Å²) in [6, 6.07) is 7.65. The van der Waals surface area contributed by atoms with E-state index in [0.29, 0.717) is 12.5 Å². The van der Waals surface area contributed by atoms with Crippen molar-refractivity contribution in [2.24, 2.45) is 10.7 Å². The van der Waals surface area contributed by atoms with E-state index in [1.807, 2.05) is 35.8 Å². The van der Waals surface area contributed by atoms with E-state index in [0.717, 1.165) is 42.6 Å². The predicted octanol–water partition coefficient (Wildman–Crippen LogP) is 2.36. The first-order chi connectivity index (χ1) is 12.1. The Morgan fingerprint density at radius 2 is 2.12 bits per heavy atom. The summed E-state index contributed by atoms with van der Waals surface area (Å²) in [5.41, 5.74) is 7.94. The maximum atomic E-state index is 11.1. The molecule has 0 aliphatic carbocycles. The van der Waals surface area contributed by atoms with Gasteiger partial charge in [0.05, 0.1) is 6.54 Å². The van der Waals surface area contributed by atoms with Gasteiger partial charge in [-0.05, 0) is 17.7 Å². The van der Waals surface area contributed by atoms with Gasteiger partial charge >= 0.3 is 0 Å². The molecule has 1 aromatic heterocycles. The summed E-state index contributed by atoms with van der Waals surface area (Å²) < 4.78 is 0. The van der Waals surface area contributed by atoms with Gasteiger partial charge in [0, 0.05) is 50.4 Å². The number of benzene rings is 1. The first-order valence-corrected chi connectivity index (χ1v) is 9.05. The number of aliphatic imine (C=N–C) groups is 1. The number of nitrogens with zero attached hydrogens (tertiary/aromatic N) is 4. The number of piperazine rings is 1. The number of guanidine groups is 1. The second kappa shape index (κ2) is 9.72. The first kappa shape index (κ1) is 20.4. The minimum Gasteiger partial charge on any atom is -0.370 e. The first-order valence-electron chi connectivity index (χ1n) is 8.17. The third-order valence-electron chi connectivity index (χ3n) is 3.96. The summed E-state index contributed by atoms with van der Waals surface area (Å²) in [6.07, 6.45) is 1.83. The fraction of sp³-hybridized carbons (Fsp3) is 0.353. The van der Waals surface area contributed by atoms with Gasteiger partial charge in [0.2, 0.25) is 5.91 Å². The fourth-order valence-corrected chi connectivity index (χ4v) is 3.42. The molecule has 2 heterocycles. The second-order valence-electron chi connectivity index (χ2n) is 5.84. The van der Waals surface area contributed by atoms with Crippen LogP contribution in [0, 0.1) is 0 Å². The largest absolute Gasteiger partial charge is 0.370 e. The molecule has 0 atom stereocenters. The zero-order valence-electron chi connectivity index (χ0n) is 14.6. The molecule has 0 unspecified atom stereocenters. The highest BCUT2D eigenvalue weighted by atomic mass is 127. The Morgan fingerprint density at radius 3 is 2.77 bits per heavy atom. The van der Waals surface area contributed by atoms with Crippen LogP contribution in [0.15, 0.2) is 40.8 Å². The molecule has 1 aromatic carbocycles. The zero-order chi connectivity index (χ0) is 17.6. The van der Waals surface area contributed by atoms with E-state index < -0.39 is 0 Å². The number of aromatic nitrogens is 1. The van der Waals surface area contributed by atoms with Crippen LogP contribution < -0.4 is 16.0 Å². The highest BCUT2D eigenvalue weighted by Crippen LogP contribution is 2.19. The maximum absolute atomic E-state index is 11.1. The number of rotatable bonds is 4. The predicted molar refractivity (Wildman–Crippen MR) is 117 cm³/mol. The summed E-state index contributed by atoms with van der Waals surface area (Å²) in [4.78, 5) is 24.4. The number of carbonyl (C=O) groups is 1. The van der Waals surface area contributed by atoms with Crippen LogP contribution in [0.25, 0.3) is 0 Å². The monoisotopic (exact) mass is 486 g/mol. The lowest BCUT2D eigenvalue weighted by molar-refractivity contribution is -0.114. The molecule has 140 valence electrons. The lowest BCUT2D eigenvalue weighted by Gasteiger charge is -2.35. The van der Waals surface area contributed by atoms with Crippen molar-refractivity contribution in [2.45, 2.75) is 13.5 Å². The molecule has 0 bridgehead atoms.